The van der Waals surface area contributed by atoms with Crippen molar-refractivity contribution in [2.45, 2.75) is 11.3 Å². The Bertz CT molecular complexity index is 744. The molecule has 93 valence electrons. The molecule has 0 bridgehead atoms. The van der Waals surface area contributed by atoms with Gasteiger partial charge in [0.15, 0.2) is 0 Å². The van der Waals surface area contributed by atoms with E-state index < -0.39 is 20.1 Å². The highest BCUT2D eigenvalue weighted by atomic mass is 32.2. The Labute approximate surface area is 107 Å². The van der Waals surface area contributed by atoms with Crippen molar-refractivity contribution in [3.63, 3.8) is 0 Å². The highest BCUT2D eigenvalue weighted by Crippen LogP contribution is 2.22. The van der Waals surface area contributed by atoms with E-state index in [1.54, 1.807) is 24.3 Å². The summed E-state index contributed by atoms with van der Waals surface area (Å²) in [6, 6.07) is 7.70. The third-order valence-electron chi connectivity index (χ3n) is 2.41. The summed E-state index contributed by atoms with van der Waals surface area (Å²) >= 11 is 0. The quantitative estimate of drug-likeness (QED) is 0.763. The van der Waals surface area contributed by atoms with E-state index in [9.17, 15) is 16.8 Å². The smallest absolute Gasteiger partial charge is 0.218 e. The van der Waals surface area contributed by atoms with E-state index >= 15 is 0 Å². The molecule has 4 nitrogen and oxygen atoms in total. The molecule has 0 heterocycles. The lowest BCUT2D eigenvalue weighted by Crippen LogP contribution is -2.16. The molecule has 1 radical (unpaired) electrons. The minimum atomic E-state index is -3.83. The highest BCUT2D eigenvalue weighted by molar-refractivity contribution is 7.97. The van der Waals surface area contributed by atoms with Crippen molar-refractivity contribution in [2.75, 3.05) is 0 Å². The maximum Gasteiger partial charge on any atom is 0.218 e. The molecule has 0 amide bonds. The van der Waals surface area contributed by atoms with Gasteiger partial charge in [-0.1, -0.05) is 30.4 Å². The van der Waals surface area contributed by atoms with Crippen LogP contribution >= 0.6 is 0 Å². The van der Waals surface area contributed by atoms with Crippen LogP contribution in [0.3, 0.4) is 0 Å². The van der Waals surface area contributed by atoms with Gasteiger partial charge >= 0.3 is 0 Å². The molecule has 0 N–H and O–H groups in total. The molecule has 18 heavy (non-hydrogen) atoms. The molecule has 2 rings (SSSR count). The van der Waals surface area contributed by atoms with Crippen LogP contribution in [0.15, 0.2) is 52.3 Å². The second-order valence-electron chi connectivity index (χ2n) is 3.55. The fourth-order valence-corrected chi connectivity index (χ4v) is 3.90. The second kappa shape index (κ2) is 4.91. The zero-order valence-electron chi connectivity index (χ0n) is 9.20. The van der Waals surface area contributed by atoms with E-state index in [2.05, 4.69) is 6.08 Å². The predicted octanol–water partition coefficient (Wildman–Crippen LogP) is 1.16. The first-order valence-corrected chi connectivity index (χ1v) is 7.63. The molecule has 0 spiro atoms. The van der Waals surface area contributed by atoms with Crippen LogP contribution in [0.25, 0.3) is 0 Å². The maximum atomic E-state index is 12.3. The van der Waals surface area contributed by atoms with Crippen LogP contribution in [0.2, 0.25) is 0 Å². The number of sulfone groups is 1. The van der Waals surface area contributed by atoms with Gasteiger partial charge in [-0.25, -0.2) is 8.42 Å². The number of allylic oxidation sites excluding steroid dienone is 4. The van der Waals surface area contributed by atoms with Gasteiger partial charge < -0.3 is 0 Å². The van der Waals surface area contributed by atoms with Crippen molar-refractivity contribution in [1.82, 2.24) is 0 Å². The first kappa shape index (κ1) is 12.8. The Balaban J connectivity index is 2.65. The summed E-state index contributed by atoms with van der Waals surface area (Å²) in [5, 5.41) is 0. The molecule has 1 aromatic rings. The van der Waals surface area contributed by atoms with E-state index in [0.717, 1.165) is 0 Å². The van der Waals surface area contributed by atoms with Gasteiger partial charge in [-0.3, -0.25) is 0 Å². The molecule has 0 saturated heterocycles. The topological polar surface area (TPSA) is 68.3 Å². The molecular formula is C12H9O4S2. The van der Waals surface area contributed by atoms with Crippen molar-refractivity contribution in [2.24, 2.45) is 0 Å². The summed E-state index contributed by atoms with van der Waals surface area (Å²) in [6.45, 7) is 0. The van der Waals surface area contributed by atoms with E-state index in [4.69, 9.17) is 0 Å². The Morgan fingerprint density at radius 2 is 1.78 bits per heavy atom. The molecule has 0 atom stereocenters. The van der Waals surface area contributed by atoms with E-state index in [1.807, 2.05) is 0 Å². The van der Waals surface area contributed by atoms with Crippen molar-refractivity contribution in [1.29, 1.82) is 0 Å². The fourth-order valence-electron chi connectivity index (χ4n) is 1.56. The van der Waals surface area contributed by atoms with Gasteiger partial charge in [-0.05, 0) is 12.1 Å². The Hall–Kier alpha value is -1.66. The summed E-state index contributed by atoms with van der Waals surface area (Å²) in [5.41, 5.74) is 0. The van der Waals surface area contributed by atoms with Crippen LogP contribution in [-0.4, -0.2) is 21.7 Å². The summed E-state index contributed by atoms with van der Waals surface area (Å²) in [5.74, 6) is 0. The lowest BCUT2D eigenvalue weighted by Gasteiger charge is -2.10. The van der Waals surface area contributed by atoms with Crippen molar-refractivity contribution in [3.05, 3.63) is 53.5 Å². The highest BCUT2D eigenvalue weighted by Gasteiger charge is 2.26. The third-order valence-corrected chi connectivity index (χ3v) is 5.11. The van der Waals surface area contributed by atoms with Crippen LogP contribution in [0, 0.1) is 6.08 Å². The fraction of sp³-hybridized carbons (Fsp3) is 0.0833. The van der Waals surface area contributed by atoms with E-state index in [1.165, 1.54) is 18.2 Å². The molecule has 1 aliphatic carbocycles. The largest absolute Gasteiger partial charge is 0.218 e. The standard InChI is InChI=1S/C12H9O4S2/c13-17(14)11-8-4-5-9-12(11)18(15,16)10-6-2-1-3-7-10/h1-7H,8H2. The average molecular weight is 281 g/mol. The summed E-state index contributed by atoms with van der Waals surface area (Å²) < 4.78 is 46.6. The molecule has 1 aromatic carbocycles. The molecule has 0 fully saturated rings. The van der Waals surface area contributed by atoms with Crippen LogP contribution in [-0.2, 0) is 20.1 Å². The van der Waals surface area contributed by atoms with Crippen LogP contribution in [0.1, 0.15) is 6.42 Å². The first-order chi connectivity index (χ1) is 8.53. The maximum absolute atomic E-state index is 12.3. The van der Waals surface area contributed by atoms with Crippen LogP contribution in [0.4, 0.5) is 0 Å². The van der Waals surface area contributed by atoms with Gasteiger partial charge in [0.25, 0.3) is 0 Å². The van der Waals surface area contributed by atoms with E-state index in [0.29, 0.717) is 0 Å². The minimum absolute atomic E-state index is 0.0609. The van der Waals surface area contributed by atoms with Gasteiger partial charge in [0.1, 0.15) is 0 Å². The molecule has 0 aromatic heterocycles. The second-order valence-corrected chi connectivity index (χ2v) is 6.40. The molecule has 6 heteroatoms. The lowest BCUT2D eigenvalue weighted by molar-refractivity contribution is 0.602. The normalized spacial score (nSPS) is 15.3. The Morgan fingerprint density at radius 3 is 2.39 bits per heavy atom. The average Bonchev–Trinajstić information content (AvgIpc) is 2.39. The van der Waals surface area contributed by atoms with Gasteiger partial charge in [-0.2, -0.15) is 8.42 Å². The third kappa shape index (κ3) is 2.30. The predicted molar refractivity (Wildman–Crippen MR) is 68.1 cm³/mol. The number of hydrogen-bond donors (Lipinski definition) is 0. The number of benzene rings is 1. The van der Waals surface area contributed by atoms with Gasteiger partial charge in [0.2, 0.25) is 20.1 Å². The van der Waals surface area contributed by atoms with Crippen molar-refractivity contribution < 1.29 is 16.8 Å². The number of hydrogen-bond acceptors (Lipinski definition) is 4. The van der Waals surface area contributed by atoms with Crippen LogP contribution in [0.5, 0.6) is 0 Å². The van der Waals surface area contributed by atoms with E-state index in [-0.39, 0.29) is 21.1 Å². The number of rotatable bonds is 2. The summed E-state index contributed by atoms with van der Waals surface area (Å²) in [4.78, 5) is -0.364. The molecule has 0 aliphatic heterocycles. The van der Waals surface area contributed by atoms with Gasteiger partial charge in [0, 0.05) is 12.5 Å². The molecule has 0 unspecified atom stereocenters. The summed E-state index contributed by atoms with van der Waals surface area (Å²) in [7, 11) is -6.40. The molecule has 1 aliphatic rings. The summed E-state index contributed by atoms with van der Waals surface area (Å²) in [6.07, 6.45) is 5.55. The zero-order chi connectivity index (χ0) is 13.2. The van der Waals surface area contributed by atoms with Crippen molar-refractivity contribution in [3.8, 4) is 0 Å². The Morgan fingerprint density at radius 1 is 1.11 bits per heavy atom. The first-order valence-electron chi connectivity index (χ1n) is 5.07. The van der Waals surface area contributed by atoms with Gasteiger partial charge in [-0.15, -0.1) is 0 Å². The monoisotopic (exact) mass is 281 g/mol. The van der Waals surface area contributed by atoms with Gasteiger partial charge in [0.05, 0.1) is 14.7 Å². The van der Waals surface area contributed by atoms with Crippen LogP contribution < -0.4 is 0 Å². The van der Waals surface area contributed by atoms with Crippen molar-refractivity contribution >= 4 is 25.0 Å². The Kier molecular flexibility index (Phi) is 3.49. The molecule has 0 saturated carbocycles. The lowest BCUT2D eigenvalue weighted by atomic mass is 10.2. The SMILES string of the molecule is O=S(=O)=C1CC=C[C]=C1S(=O)(=O)c1ccccc1. The minimum Gasteiger partial charge on any atom is -0.218 e. The zero-order valence-corrected chi connectivity index (χ0v) is 10.8. The molecular weight excluding hydrogens is 272 g/mol.